The summed E-state index contributed by atoms with van der Waals surface area (Å²) in [6.45, 7) is 4.50. The largest absolute Gasteiger partial charge is 0.487 e. The maximum absolute atomic E-state index is 10.9. The van der Waals surface area contributed by atoms with E-state index in [-0.39, 0.29) is 0 Å². The van der Waals surface area contributed by atoms with Crippen molar-refractivity contribution in [1.29, 1.82) is 0 Å². The van der Waals surface area contributed by atoms with E-state index in [9.17, 15) is 4.79 Å². The van der Waals surface area contributed by atoms with E-state index in [1.165, 1.54) is 13.2 Å². The van der Waals surface area contributed by atoms with E-state index < -0.39 is 5.97 Å². The summed E-state index contributed by atoms with van der Waals surface area (Å²) in [5.41, 5.74) is 1.77. The normalized spacial score (nSPS) is 9.77. The minimum atomic E-state index is -0.406. The molecule has 4 nitrogen and oxygen atoms in total. The van der Waals surface area contributed by atoms with Crippen LogP contribution in [0.1, 0.15) is 25.1 Å². The Balaban J connectivity index is 0.00000116. The second kappa shape index (κ2) is 10.2. The van der Waals surface area contributed by atoms with Gasteiger partial charge in [-0.3, -0.25) is 4.98 Å². The molecule has 0 saturated heterocycles. The molecule has 1 aromatic heterocycles. The number of carbonyl (C=O) groups excluding carboxylic acids is 1. The lowest BCUT2D eigenvalue weighted by Gasteiger charge is -2.05. The van der Waals surface area contributed by atoms with Crippen LogP contribution in [0.5, 0.6) is 5.75 Å². The van der Waals surface area contributed by atoms with E-state index in [0.717, 1.165) is 5.56 Å². The topological polar surface area (TPSA) is 48.4 Å². The van der Waals surface area contributed by atoms with Crippen molar-refractivity contribution in [2.24, 2.45) is 0 Å². The highest BCUT2D eigenvalue weighted by atomic mass is 16.5. The second-order valence-electron chi connectivity index (χ2n) is 4.05. The van der Waals surface area contributed by atoms with Gasteiger partial charge in [-0.2, -0.15) is 0 Å². The van der Waals surface area contributed by atoms with Crippen LogP contribution in [0.25, 0.3) is 6.08 Å². The van der Waals surface area contributed by atoms with Crippen molar-refractivity contribution in [1.82, 2.24) is 4.98 Å². The molecule has 0 aliphatic carbocycles. The van der Waals surface area contributed by atoms with Gasteiger partial charge >= 0.3 is 5.97 Å². The van der Waals surface area contributed by atoms with Crippen LogP contribution in [0.15, 0.2) is 54.7 Å². The SMILES string of the molecule is CC.COC(=O)/C=C\c1ccc(OCc2ccccc2)cn1. The van der Waals surface area contributed by atoms with E-state index in [4.69, 9.17) is 4.74 Å². The molecule has 2 aromatic rings. The standard InChI is InChI=1S/C16H15NO3.C2H6/c1-19-16(18)10-8-14-7-9-15(11-17-14)20-12-13-5-3-2-4-6-13;1-2/h2-11H,12H2,1H3;1-2H3/b10-8-;. The molecule has 22 heavy (non-hydrogen) atoms. The molecule has 0 N–H and O–H groups in total. The zero-order valence-corrected chi connectivity index (χ0v) is 13.2. The molecule has 0 unspecified atom stereocenters. The van der Waals surface area contributed by atoms with E-state index in [2.05, 4.69) is 9.72 Å². The summed E-state index contributed by atoms with van der Waals surface area (Å²) in [6, 6.07) is 13.5. The maximum Gasteiger partial charge on any atom is 0.330 e. The van der Waals surface area contributed by atoms with Crippen LogP contribution in [0.4, 0.5) is 0 Å². The fraction of sp³-hybridized carbons (Fsp3) is 0.222. The first-order valence-corrected chi connectivity index (χ1v) is 7.17. The fourth-order valence-corrected chi connectivity index (χ4v) is 1.54. The number of methoxy groups -OCH3 is 1. The third-order valence-electron chi connectivity index (χ3n) is 2.60. The van der Waals surface area contributed by atoms with Gasteiger partial charge in [0.2, 0.25) is 0 Å². The molecule has 1 aromatic carbocycles. The fourth-order valence-electron chi connectivity index (χ4n) is 1.54. The summed E-state index contributed by atoms with van der Waals surface area (Å²) in [4.78, 5) is 15.1. The van der Waals surface area contributed by atoms with Gasteiger partial charge in [0.15, 0.2) is 0 Å². The van der Waals surface area contributed by atoms with Gasteiger partial charge in [0, 0.05) is 6.08 Å². The van der Waals surface area contributed by atoms with Crippen molar-refractivity contribution in [3.8, 4) is 5.75 Å². The monoisotopic (exact) mass is 299 g/mol. The number of benzene rings is 1. The molecule has 0 atom stereocenters. The highest BCUT2D eigenvalue weighted by Gasteiger charge is 1.97. The first-order valence-electron chi connectivity index (χ1n) is 7.17. The third kappa shape index (κ3) is 6.22. The zero-order valence-electron chi connectivity index (χ0n) is 13.2. The van der Waals surface area contributed by atoms with Gasteiger partial charge in [-0.1, -0.05) is 44.2 Å². The number of pyridine rings is 1. The van der Waals surface area contributed by atoms with E-state index in [0.29, 0.717) is 18.1 Å². The molecular weight excluding hydrogens is 278 g/mol. The lowest BCUT2D eigenvalue weighted by molar-refractivity contribution is -0.134. The smallest absolute Gasteiger partial charge is 0.330 e. The molecule has 2 rings (SSSR count). The summed E-state index contributed by atoms with van der Waals surface area (Å²) in [7, 11) is 1.33. The average Bonchev–Trinajstić information content (AvgIpc) is 2.61. The van der Waals surface area contributed by atoms with Gasteiger partial charge in [0.05, 0.1) is 19.0 Å². The Bertz CT molecular complexity index is 577. The van der Waals surface area contributed by atoms with Crippen LogP contribution in [0.2, 0.25) is 0 Å². The lowest BCUT2D eigenvalue weighted by atomic mass is 10.2. The second-order valence-corrected chi connectivity index (χ2v) is 4.05. The predicted octanol–water partition coefficient (Wildman–Crippen LogP) is 3.87. The minimum absolute atomic E-state index is 0.406. The molecule has 0 radical (unpaired) electrons. The van der Waals surface area contributed by atoms with Crippen molar-refractivity contribution >= 4 is 12.0 Å². The first-order chi connectivity index (χ1) is 10.8. The Morgan fingerprint density at radius 2 is 1.86 bits per heavy atom. The Morgan fingerprint density at radius 1 is 1.14 bits per heavy atom. The molecule has 4 heteroatoms. The number of hydrogen-bond donors (Lipinski definition) is 0. The highest BCUT2D eigenvalue weighted by molar-refractivity contribution is 5.86. The summed E-state index contributed by atoms with van der Waals surface area (Å²) in [5.74, 6) is 0.278. The van der Waals surface area contributed by atoms with Gasteiger partial charge in [0.25, 0.3) is 0 Å². The van der Waals surface area contributed by atoms with E-state index in [1.54, 1.807) is 18.3 Å². The van der Waals surface area contributed by atoms with Gasteiger partial charge in [-0.05, 0) is 23.8 Å². The van der Waals surface area contributed by atoms with Crippen LogP contribution >= 0.6 is 0 Å². The third-order valence-corrected chi connectivity index (χ3v) is 2.60. The molecule has 1 heterocycles. The quantitative estimate of drug-likeness (QED) is 0.621. The maximum atomic E-state index is 10.9. The Kier molecular flexibility index (Phi) is 8.05. The number of ether oxygens (including phenoxy) is 2. The van der Waals surface area contributed by atoms with Crippen molar-refractivity contribution < 1.29 is 14.3 Å². The summed E-state index contributed by atoms with van der Waals surface area (Å²) in [6.07, 6.45) is 4.54. The molecule has 0 aliphatic heterocycles. The molecule has 0 aliphatic rings. The van der Waals surface area contributed by atoms with Crippen LogP contribution in [0.3, 0.4) is 0 Å². The Morgan fingerprint density at radius 3 is 2.45 bits per heavy atom. The summed E-state index contributed by atoms with van der Waals surface area (Å²) < 4.78 is 10.1. The lowest BCUT2D eigenvalue weighted by Crippen LogP contribution is -1.96. The van der Waals surface area contributed by atoms with E-state index >= 15 is 0 Å². The molecule has 0 fully saturated rings. The van der Waals surface area contributed by atoms with Crippen molar-refractivity contribution in [2.45, 2.75) is 20.5 Å². The number of esters is 1. The van der Waals surface area contributed by atoms with Crippen LogP contribution < -0.4 is 4.74 Å². The zero-order chi connectivity index (χ0) is 16.2. The van der Waals surface area contributed by atoms with Crippen molar-refractivity contribution in [2.75, 3.05) is 7.11 Å². The minimum Gasteiger partial charge on any atom is -0.487 e. The van der Waals surface area contributed by atoms with Crippen LogP contribution in [0, 0.1) is 0 Å². The van der Waals surface area contributed by atoms with Gasteiger partial charge in [0.1, 0.15) is 12.4 Å². The molecule has 0 saturated carbocycles. The molecule has 0 amide bonds. The number of aromatic nitrogens is 1. The Hall–Kier alpha value is -2.62. The van der Waals surface area contributed by atoms with Crippen LogP contribution in [-0.4, -0.2) is 18.1 Å². The molecular formula is C18H21NO3. The van der Waals surface area contributed by atoms with Gasteiger partial charge in [-0.25, -0.2) is 4.79 Å². The highest BCUT2D eigenvalue weighted by Crippen LogP contribution is 2.12. The number of rotatable bonds is 5. The van der Waals surface area contributed by atoms with E-state index in [1.807, 2.05) is 50.2 Å². The van der Waals surface area contributed by atoms with Gasteiger partial charge < -0.3 is 9.47 Å². The molecule has 116 valence electrons. The number of carbonyl (C=O) groups is 1. The predicted molar refractivity (Wildman–Crippen MR) is 87.4 cm³/mol. The van der Waals surface area contributed by atoms with Crippen molar-refractivity contribution in [3.05, 3.63) is 66.0 Å². The molecule has 0 bridgehead atoms. The summed E-state index contributed by atoms with van der Waals surface area (Å²) in [5, 5.41) is 0. The van der Waals surface area contributed by atoms with Gasteiger partial charge in [-0.15, -0.1) is 0 Å². The number of hydrogen-bond acceptors (Lipinski definition) is 4. The number of nitrogens with zero attached hydrogens (tertiary/aromatic N) is 1. The van der Waals surface area contributed by atoms with Crippen LogP contribution in [-0.2, 0) is 16.1 Å². The Labute approximate surface area is 131 Å². The first kappa shape index (κ1) is 17.4. The molecule has 0 spiro atoms. The average molecular weight is 299 g/mol. The summed E-state index contributed by atoms with van der Waals surface area (Å²) >= 11 is 0. The van der Waals surface area contributed by atoms with Crippen molar-refractivity contribution in [3.63, 3.8) is 0 Å².